The molecule has 3 rings (SSSR count). The first-order valence-corrected chi connectivity index (χ1v) is 10.0. The molecule has 1 aliphatic heterocycles. The first kappa shape index (κ1) is 20.7. The van der Waals surface area contributed by atoms with E-state index in [2.05, 4.69) is 5.32 Å². The van der Waals surface area contributed by atoms with Crippen molar-refractivity contribution >= 4 is 17.6 Å². The third-order valence-electron chi connectivity index (χ3n) is 5.67. The summed E-state index contributed by atoms with van der Waals surface area (Å²) < 4.78 is 5.44. The van der Waals surface area contributed by atoms with Crippen molar-refractivity contribution in [2.75, 3.05) is 32.6 Å². The minimum absolute atomic E-state index is 0.0714. The predicted molar refractivity (Wildman–Crippen MR) is 114 cm³/mol. The molecule has 29 heavy (non-hydrogen) atoms. The van der Waals surface area contributed by atoms with Crippen LogP contribution in [0.25, 0.3) is 0 Å². The van der Waals surface area contributed by atoms with Gasteiger partial charge in [-0.15, -0.1) is 0 Å². The summed E-state index contributed by atoms with van der Waals surface area (Å²) in [6.07, 6.45) is 1.34. The molecule has 0 aliphatic carbocycles. The molecule has 0 spiro atoms. The van der Waals surface area contributed by atoms with E-state index in [1.165, 1.54) is 0 Å². The van der Waals surface area contributed by atoms with Gasteiger partial charge in [-0.1, -0.05) is 36.4 Å². The van der Waals surface area contributed by atoms with Gasteiger partial charge in [-0.05, 0) is 38.0 Å². The summed E-state index contributed by atoms with van der Waals surface area (Å²) in [5.74, 6) is 0.830. The zero-order valence-corrected chi connectivity index (χ0v) is 17.3. The van der Waals surface area contributed by atoms with Crippen LogP contribution in [-0.4, -0.2) is 49.0 Å². The Bertz CT molecular complexity index is 832. The van der Waals surface area contributed by atoms with E-state index in [9.17, 15) is 9.59 Å². The van der Waals surface area contributed by atoms with E-state index in [0.29, 0.717) is 25.9 Å². The molecule has 1 aliphatic rings. The summed E-state index contributed by atoms with van der Waals surface area (Å²) in [5, 5.41) is 2.91. The van der Waals surface area contributed by atoms with E-state index < -0.39 is 0 Å². The van der Waals surface area contributed by atoms with E-state index in [0.717, 1.165) is 17.0 Å². The number of methoxy groups -OCH3 is 1. The summed E-state index contributed by atoms with van der Waals surface area (Å²) in [6, 6.07) is 17.0. The summed E-state index contributed by atoms with van der Waals surface area (Å²) in [4.78, 5) is 29.1. The van der Waals surface area contributed by atoms with Crippen molar-refractivity contribution in [1.82, 2.24) is 9.80 Å². The van der Waals surface area contributed by atoms with Crippen LogP contribution in [0.2, 0.25) is 0 Å². The number of hydrogen-bond acceptors (Lipinski definition) is 3. The molecule has 3 amide bonds. The minimum atomic E-state index is -0.113. The summed E-state index contributed by atoms with van der Waals surface area (Å²) in [6.45, 7) is 3.16. The van der Waals surface area contributed by atoms with Crippen molar-refractivity contribution in [3.8, 4) is 5.75 Å². The number of piperidine rings is 1. The number of anilines is 1. The summed E-state index contributed by atoms with van der Waals surface area (Å²) in [7, 11) is 3.48. The lowest BCUT2D eigenvalue weighted by atomic mass is 9.94. The molecule has 0 saturated carbocycles. The molecule has 1 atom stereocenters. The molecule has 0 bridgehead atoms. The van der Waals surface area contributed by atoms with Gasteiger partial charge in [-0.25, -0.2) is 4.79 Å². The molecular formula is C23H29N3O3. The average molecular weight is 396 g/mol. The molecule has 1 unspecified atom stereocenters. The van der Waals surface area contributed by atoms with Gasteiger partial charge < -0.3 is 19.9 Å². The third-order valence-corrected chi connectivity index (χ3v) is 5.67. The normalized spacial score (nSPS) is 15.5. The molecule has 6 nitrogen and oxygen atoms in total. The molecule has 6 heteroatoms. The topological polar surface area (TPSA) is 61.9 Å². The Hall–Kier alpha value is -3.02. The number of nitrogens with zero attached hydrogens (tertiary/aromatic N) is 2. The Labute approximate surface area is 172 Å². The van der Waals surface area contributed by atoms with Gasteiger partial charge in [0.2, 0.25) is 5.91 Å². The fourth-order valence-electron chi connectivity index (χ4n) is 3.75. The van der Waals surface area contributed by atoms with Gasteiger partial charge in [0.15, 0.2) is 0 Å². The molecular weight excluding hydrogens is 366 g/mol. The highest BCUT2D eigenvalue weighted by Crippen LogP contribution is 2.30. The number of benzene rings is 2. The number of para-hydroxylation sites is 2. The van der Waals surface area contributed by atoms with Crippen molar-refractivity contribution in [3.63, 3.8) is 0 Å². The predicted octanol–water partition coefficient (Wildman–Crippen LogP) is 4.16. The standard InChI is InChI=1S/C23H29N3O3/c1-17(20-11-7-8-12-21(20)29-3)25(2)22(27)18-13-15-26(16-14-18)23(28)24-19-9-5-4-6-10-19/h4-12,17-18H,13-16H2,1-3H3,(H,24,28). The molecule has 1 N–H and O–H groups in total. The van der Waals surface area contributed by atoms with Crippen LogP contribution in [-0.2, 0) is 4.79 Å². The van der Waals surface area contributed by atoms with Gasteiger partial charge in [-0.2, -0.15) is 0 Å². The number of carbonyl (C=O) groups excluding carboxylic acids is 2. The zero-order chi connectivity index (χ0) is 20.8. The number of rotatable bonds is 5. The second-order valence-electron chi connectivity index (χ2n) is 7.42. The van der Waals surface area contributed by atoms with Crippen molar-refractivity contribution in [3.05, 3.63) is 60.2 Å². The SMILES string of the molecule is COc1ccccc1C(C)N(C)C(=O)C1CCN(C(=O)Nc2ccccc2)CC1. The quantitative estimate of drug-likeness (QED) is 0.827. The Morgan fingerprint density at radius 2 is 1.69 bits per heavy atom. The van der Waals surface area contributed by atoms with E-state index in [-0.39, 0.29) is 23.9 Å². The smallest absolute Gasteiger partial charge is 0.321 e. The van der Waals surface area contributed by atoms with Crippen molar-refractivity contribution in [2.24, 2.45) is 5.92 Å². The van der Waals surface area contributed by atoms with Crippen LogP contribution in [0, 0.1) is 5.92 Å². The van der Waals surface area contributed by atoms with Gasteiger partial charge in [-0.3, -0.25) is 4.79 Å². The molecule has 1 saturated heterocycles. The fourth-order valence-corrected chi connectivity index (χ4v) is 3.75. The minimum Gasteiger partial charge on any atom is -0.496 e. The van der Waals surface area contributed by atoms with Gasteiger partial charge in [0.05, 0.1) is 13.2 Å². The summed E-state index contributed by atoms with van der Waals surface area (Å²) >= 11 is 0. The lowest BCUT2D eigenvalue weighted by Gasteiger charge is -2.35. The Morgan fingerprint density at radius 3 is 2.34 bits per heavy atom. The second kappa shape index (κ2) is 9.45. The number of urea groups is 1. The van der Waals surface area contributed by atoms with Crippen LogP contribution >= 0.6 is 0 Å². The summed E-state index contributed by atoms with van der Waals surface area (Å²) in [5.41, 5.74) is 1.77. The lowest BCUT2D eigenvalue weighted by Crippen LogP contribution is -2.45. The number of nitrogens with one attached hydrogen (secondary N) is 1. The first-order chi connectivity index (χ1) is 14.0. The second-order valence-corrected chi connectivity index (χ2v) is 7.42. The molecule has 2 aromatic carbocycles. The zero-order valence-electron chi connectivity index (χ0n) is 17.3. The average Bonchev–Trinajstić information content (AvgIpc) is 2.78. The number of amides is 3. The molecule has 0 radical (unpaired) electrons. The first-order valence-electron chi connectivity index (χ1n) is 10.0. The van der Waals surface area contributed by atoms with Crippen LogP contribution in [0.4, 0.5) is 10.5 Å². The number of carbonyl (C=O) groups is 2. The fraction of sp³-hybridized carbons (Fsp3) is 0.391. The monoisotopic (exact) mass is 395 g/mol. The highest BCUT2D eigenvalue weighted by molar-refractivity contribution is 5.89. The van der Waals surface area contributed by atoms with Crippen molar-refractivity contribution < 1.29 is 14.3 Å². The van der Waals surface area contributed by atoms with E-state index in [4.69, 9.17) is 4.74 Å². The Kier molecular flexibility index (Phi) is 6.75. The highest BCUT2D eigenvalue weighted by Gasteiger charge is 2.31. The number of ether oxygens (including phenoxy) is 1. The maximum absolute atomic E-state index is 13.0. The number of likely N-dealkylation sites (tertiary alicyclic amines) is 1. The van der Waals surface area contributed by atoms with Crippen LogP contribution in [0.15, 0.2) is 54.6 Å². The highest BCUT2D eigenvalue weighted by atomic mass is 16.5. The largest absolute Gasteiger partial charge is 0.496 e. The Morgan fingerprint density at radius 1 is 1.07 bits per heavy atom. The van der Waals surface area contributed by atoms with E-state index >= 15 is 0 Å². The van der Waals surface area contributed by atoms with Crippen molar-refractivity contribution in [2.45, 2.75) is 25.8 Å². The van der Waals surface area contributed by atoms with E-state index in [1.807, 2.05) is 68.6 Å². The molecule has 1 heterocycles. The van der Waals surface area contributed by atoms with Gasteiger partial charge in [0.1, 0.15) is 5.75 Å². The van der Waals surface area contributed by atoms with E-state index in [1.54, 1.807) is 16.9 Å². The number of hydrogen-bond donors (Lipinski definition) is 1. The third kappa shape index (κ3) is 4.88. The van der Waals surface area contributed by atoms with Crippen LogP contribution in [0.1, 0.15) is 31.4 Å². The van der Waals surface area contributed by atoms with Gasteiger partial charge >= 0.3 is 6.03 Å². The maximum atomic E-state index is 13.0. The molecule has 1 fully saturated rings. The molecule has 2 aromatic rings. The van der Waals surface area contributed by atoms with Gasteiger partial charge in [0.25, 0.3) is 0 Å². The van der Waals surface area contributed by atoms with Gasteiger partial charge in [0, 0.05) is 37.3 Å². The maximum Gasteiger partial charge on any atom is 0.321 e. The molecule has 0 aromatic heterocycles. The lowest BCUT2D eigenvalue weighted by molar-refractivity contribution is -0.137. The Balaban J connectivity index is 1.56. The molecule has 154 valence electrons. The van der Waals surface area contributed by atoms with Crippen LogP contribution < -0.4 is 10.1 Å². The van der Waals surface area contributed by atoms with Crippen molar-refractivity contribution in [1.29, 1.82) is 0 Å². The van der Waals surface area contributed by atoms with Crippen LogP contribution in [0.3, 0.4) is 0 Å². The van der Waals surface area contributed by atoms with Crippen LogP contribution in [0.5, 0.6) is 5.75 Å².